The third-order valence-electron chi connectivity index (χ3n) is 12.6. The Morgan fingerprint density at radius 2 is 1.08 bits per heavy atom. The summed E-state index contributed by atoms with van der Waals surface area (Å²) in [6, 6.07) is 55.9. The van der Waals surface area contributed by atoms with Crippen LogP contribution in [0.1, 0.15) is 47.3 Å². The van der Waals surface area contributed by atoms with Crippen LogP contribution in [0.5, 0.6) is 11.5 Å². The van der Waals surface area contributed by atoms with Crippen LogP contribution < -0.4 is 20.1 Å². The predicted octanol–water partition coefficient (Wildman–Crippen LogP) is 11.0. The van der Waals surface area contributed by atoms with Crippen LogP contribution in [0, 0.1) is 0 Å². The highest BCUT2D eigenvalue weighted by atomic mass is 16.5. The molecule has 9 aromatic rings. The molecule has 5 aromatic heterocycles. The van der Waals surface area contributed by atoms with Crippen LogP contribution in [-0.4, -0.2) is 83.6 Å². The lowest BCUT2D eigenvalue weighted by atomic mass is 10.1. The average molecular weight is 941 g/mol. The van der Waals surface area contributed by atoms with Gasteiger partial charge in [-0.15, -0.1) is 0 Å². The van der Waals surface area contributed by atoms with Crippen molar-refractivity contribution in [2.24, 2.45) is 0 Å². The number of hydrogen-bond acceptors (Lipinski definition) is 11. The van der Waals surface area contributed by atoms with Crippen molar-refractivity contribution >= 4 is 34.3 Å². The zero-order valence-corrected chi connectivity index (χ0v) is 39.5. The van der Waals surface area contributed by atoms with Crippen molar-refractivity contribution in [1.29, 1.82) is 0 Å². The van der Waals surface area contributed by atoms with E-state index < -0.39 is 0 Å². The number of hydrogen-bond donors (Lipinski definition) is 2. The van der Waals surface area contributed by atoms with Crippen molar-refractivity contribution < 1.29 is 14.3 Å². The molecule has 13 nitrogen and oxygen atoms in total. The standard InChI is InChI=1S/C29H29N5O2.C29H27N5O/c35-29(27-9-4-5-17-30-27)33-26-10-6-18-31-28(26)32-23-11-13-24(14-12-23)36-25-15-19-34(20-16-25)21-22-7-2-1-3-8-22;1-2-7-22(8-3-1)21-33-19-15-25(16-20-33)35-24-13-11-23(12-14-24)34-28-27(10-6-18-31-28)32-29(34)26-9-4-5-17-30-26/h1-14,17-18,25H,15-16,19-21H2,(H,31,32)(H,33,35);1-14,17-18,25H,15-16,19-21H2. The van der Waals surface area contributed by atoms with Gasteiger partial charge in [-0.05, 0) is 134 Å². The van der Waals surface area contributed by atoms with E-state index in [1.807, 2.05) is 66.7 Å². The highest BCUT2D eigenvalue weighted by Gasteiger charge is 2.23. The number of rotatable bonds is 14. The molecule has 1 amide bonds. The van der Waals surface area contributed by atoms with Crippen LogP contribution in [-0.2, 0) is 13.1 Å². The number of ether oxygens (including phenoxy) is 2. The fourth-order valence-electron chi connectivity index (χ4n) is 8.98. The summed E-state index contributed by atoms with van der Waals surface area (Å²) in [6.07, 6.45) is 11.4. The first-order valence-corrected chi connectivity index (χ1v) is 24.3. The van der Waals surface area contributed by atoms with E-state index in [4.69, 9.17) is 14.5 Å². The lowest BCUT2D eigenvalue weighted by Crippen LogP contribution is -2.37. The molecular weight excluding hydrogens is 885 g/mol. The highest BCUT2D eigenvalue weighted by Crippen LogP contribution is 2.30. The molecule has 13 heteroatoms. The van der Waals surface area contributed by atoms with E-state index in [9.17, 15) is 4.79 Å². The minimum Gasteiger partial charge on any atom is -0.490 e. The van der Waals surface area contributed by atoms with Crippen molar-refractivity contribution in [1.82, 2.24) is 39.3 Å². The Labute approximate surface area is 414 Å². The van der Waals surface area contributed by atoms with Gasteiger partial charge >= 0.3 is 0 Å². The van der Waals surface area contributed by atoms with Crippen molar-refractivity contribution in [2.45, 2.75) is 51.0 Å². The number of amides is 1. The summed E-state index contributed by atoms with van der Waals surface area (Å²) in [4.78, 5) is 39.9. The molecule has 0 aliphatic carbocycles. The molecule has 0 unspecified atom stereocenters. The number of carbonyl (C=O) groups excluding carboxylic acids is 1. The van der Waals surface area contributed by atoms with E-state index in [1.54, 1.807) is 55.1 Å². The average Bonchev–Trinajstić information content (AvgIpc) is 3.82. The lowest BCUT2D eigenvalue weighted by Gasteiger charge is -2.32. The van der Waals surface area contributed by atoms with Crippen LogP contribution in [0.2, 0.25) is 0 Å². The third-order valence-corrected chi connectivity index (χ3v) is 12.6. The highest BCUT2D eigenvalue weighted by molar-refractivity contribution is 6.04. The molecule has 7 heterocycles. The van der Waals surface area contributed by atoms with Gasteiger partial charge in [-0.25, -0.2) is 15.0 Å². The Morgan fingerprint density at radius 3 is 1.68 bits per heavy atom. The SMILES string of the molecule is O=C(Nc1cccnc1Nc1ccc(OC2CCN(Cc3ccccc3)CC2)cc1)c1ccccn1.c1ccc(CN2CCC(Oc3ccc(-n4c(-c5ccccn5)nc5cccnc54)cc3)CC2)cc1. The Bertz CT molecular complexity index is 3070. The Morgan fingerprint density at radius 1 is 0.535 bits per heavy atom. The number of fused-ring (bicyclic) bond motifs is 1. The Balaban J connectivity index is 0.000000164. The van der Waals surface area contributed by atoms with E-state index in [2.05, 4.69) is 118 Å². The summed E-state index contributed by atoms with van der Waals surface area (Å²) in [5, 5.41) is 6.16. The number of piperidine rings is 2. The molecule has 0 radical (unpaired) electrons. The van der Waals surface area contributed by atoms with E-state index in [0.29, 0.717) is 17.2 Å². The number of nitrogens with zero attached hydrogens (tertiary/aromatic N) is 8. The first-order valence-electron chi connectivity index (χ1n) is 24.3. The maximum absolute atomic E-state index is 12.5. The molecule has 2 fully saturated rings. The third kappa shape index (κ3) is 12.3. The molecule has 0 bridgehead atoms. The quantitative estimate of drug-likeness (QED) is 0.108. The molecule has 0 spiro atoms. The van der Waals surface area contributed by atoms with Crippen molar-refractivity contribution in [3.05, 3.63) is 211 Å². The number of likely N-dealkylation sites (tertiary alicyclic amines) is 2. The molecule has 2 aliphatic heterocycles. The monoisotopic (exact) mass is 940 g/mol. The predicted molar refractivity (Wildman–Crippen MR) is 279 cm³/mol. The summed E-state index contributed by atoms with van der Waals surface area (Å²) in [7, 11) is 0. The molecular formula is C58H56N10O3. The topological polar surface area (TPSA) is 135 Å². The van der Waals surface area contributed by atoms with Crippen molar-refractivity contribution in [3.8, 4) is 28.7 Å². The number of pyridine rings is 4. The van der Waals surface area contributed by atoms with E-state index in [-0.39, 0.29) is 18.1 Å². The number of carbonyl (C=O) groups is 1. The molecule has 356 valence electrons. The van der Waals surface area contributed by atoms with Gasteiger partial charge < -0.3 is 20.1 Å². The summed E-state index contributed by atoms with van der Waals surface area (Å²) < 4.78 is 14.7. The fourth-order valence-corrected chi connectivity index (χ4v) is 8.98. The molecule has 0 atom stereocenters. The van der Waals surface area contributed by atoms with Crippen LogP contribution >= 0.6 is 0 Å². The first kappa shape index (κ1) is 46.5. The normalized spacial score (nSPS) is 14.5. The van der Waals surface area contributed by atoms with Gasteiger partial charge in [-0.3, -0.25) is 29.1 Å². The van der Waals surface area contributed by atoms with Gasteiger partial charge in [0.2, 0.25) is 0 Å². The molecule has 71 heavy (non-hydrogen) atoms. The maximum atomic E-state index is 12.5. The minimum atomic E-state index is -0.287. The van der Waals surface area contributed by atoms with Crippen molar-refractivity contribution in [3.63, 3.8) is 0 Å². The van der Waals surface area contributed by atoms with E-state index in [0.717, 1.165) is 111 Å². The van der Waals surface area contributed by atoms with Gasteiger partial charge in [0.15, 0.2) is 17.3 Å². The summed E-state index contributed by atoms with van der Waals surface area (Å²) in [5.41, 5.74) is 7.96. The second-order valence-electron chi connectivity index (χ2n) is 17.7. The van der Waals surface area contributed by atoms with Crippen LogP contribution in [0.25, 0.3) is 28.4 Å². The molecule has 2 N–H and O–H groups in total. The van der Waals surface area contributed by atoms with Gasteiger partial charge in [0.25, 0.3) is 5.91 Å². The molecule has 4 aromatic carbocycles. The number of benzene rings is 4. The zero-order chi connectivity index (χ0) is 48.0. The molecule has 2 aliphatic rings. The molecule has 2 saturated heterocycles. The summed E-state index contributed by atoms with van der Waals surface area (Å²) >= 11 is 0. The number of anilines is 3. The minimum absolute atomic E-state index is 0.222. The number of imidazole rings is 1. The van der Waals surface area contributed by atoms with E-state index >= 15 is 0 Å². The van der Waals surface area contributed by atoms with Gasteiger partial charge in [0, 0.05) is 75.4 Å². The fraction of sp³-hybridized carbons (Fsp3) is 0.207. The molecule has 0 saturated carbocycles. The van der Waals surface area contributed by atoms with Gasteiger partial charge in [-0.2, -0.15) is 0 Å². The van der Waals surface area contributed by atoms with Crippen LogP contribution in [0.4, 0.5) is 17.2 Å². The lowest BCUT2D eigenvalue weighted by molar-refractivity contribution is 0.0967. The number of aromatic nitrogens is 6. The Hall–Kier alpha value is -8.26. The van der Waals surface area contributed by atoms with Crippen LogP contribution in [0.3, 0.4) is 0 Å². The van der Waals surface area contributed by atoms with Crippen LogP contribution in [0.15, 0.2) is 195 Å². The maximum Gasteiger partial charge on any atom is 0.274 e. The second kappa shape index (κ2) is 22.9. The largest absolute Gasteiger partial charge is 0.490 e. The Kier molecular flexibility index (Phi) is 15.0. The first-order chi connectivity index (χ1) is 35.1. The van der Waals surface area contributed by atoms with Gasteiger partial charge in [-0.1, -0.05) is 72.8 Å². The smallest absolute Gasteiger partial charge is 0.274 e. The summed E-state index contributed by atoms with van der Waals surface area (Å²) in [6.45, 7) is 6.17. The number of nitrogens with one attached hydrogen (secondary N) is 2. The van der Waals surface area contributed by atoms with Gasteiger partial charge in [0.05, 0.1) is 5.69 Å². The van der Waals surface area contributed by atoms with E-state index in [1.165, 1.54) is 11.1 Å². The summed E-state index contributed by atoms with van der Waals surface area (Å²) in [5.74, 6) is 2.80. The zero-order valence-electron chi connectivity index (χ0n) is 39.5. The second-order valence-corrected chi connectivity index (χ2v) is 17.7. The van der Waals surface area contributed by atoms with Crippen molar-refractivity contribution in [2.75, 3.05) is 36.8 Å². The molecule has 11 rings (SSSR count). The van der Waals surface area contributed by atoms with Gasteiger partial charge in [0.1, 0.15) is 40.6 Å².